The zero-order valence-electron chi connectivity index (χ0n) is 21.9. The lowest BCUT2D eigenvalue weighted by Gasteiger charge is -2.13. The first-order chi connectivity index (χ1) is 19.3. The van der Waals surface area contributed by atoms with E-state index >= 15 is 0 Å². The summed E-state index contributed by atoms with van der Waals surface area (Å²) in [5.41, 5.74) is 2.00. The number of aliphatic hydroxyl groups excluding tert-OH is 1. The number of rotatable bonds is 12. The van der Waals surface area contributed by atoms with Crippen LogP contribution in [0.25, 0.3) is 0 Å². The second kappa shape index (κ2) is 13.6. The van der Waals surface area contributed by atoms with Gasteiger partial charge in [0, 0.05) is 11.6 Å². The predicted molar refractivity (Wildman–Crippen MR) is 154 cm³/mol. The van der Waals surface area contributed by atoms with Crippen LogP contribution in [-0.2, 0) is 21.0 Å². The van der Waals surface area contributed by atoms with Crippen molar-refractivity contribution in [3.63, 3.8) is 0 Å². The minimum absolute atomic E-state index is 0.128. The molecule has 4 rings (SSSR count). The Morgan fingerprint density at radius 1 is 0.925 bits per heavy atom. The summed E-state index contributed by atoms with van der Waals surface area (Å²) in [5.74, 6) is 0.214. The molecule has 0 aliphatic carbocycles. The van der Waals surface area contributed by atoms with Gasteiger partial charge in [-0.1, -0.05) is 48.0 Å². The second-order valence-corrected chi connectivity index (χ2v) is 11.3. The van der Waals surface area contributed by atoms with E-state index in [9.17, 15) is 18.3 Å². The third-order valence-electron chi connectivity index (χ3n) is 6.14. The van der Waals surface area contributed by atoms with Crippen LogP contribution >= 0.6 is 11.6 Å². The predicted octanol–water partition coefficient (Wildman–Crippen LogP) is 6.01. The highest BCUT2D eigenvalue weighted by atomic mass is 35.5. The Bertz CT molecular complexity index is 1540. The summed E-state index contributed by atoms with van der Waals surface area (Å²) in [7, 11) is -3.73. The van der Waals surface area contributed by atoms with Crippen molar-refractivity contribution in [3.05, 3.63) is 119 Å². The Labute approximate surface area is 239 Å². The van der Waals surface area contributed by atoms with E-state index in [0.29, 0.717) is 36.0 Å². The van der Waals surface area contributed by atoms with E-state index in [4.69, 9.17) is 21.1 Å². The van der Waals surface area contributed by atoms with Gasteiger partial charge in [-0.25, -0.2) is 13.2 Å². The van der Waals surface area contributed by atoms with Crippen LogP contribution in [0.15, 0.2) is 107 Å². The Morgan fingerprint density at radius 3 is 2.27 bits per heavy atom. The van der Waals surface area contributed by atoms with Gasteiger partial charge in [0.15, 0.2) is 0 Å². The van der Waals surface area contributed by atoms with Crippen LogP contribution in [0.3, 0.4) is 0 Å². The molecule has 0 radical (unpaired) electrons. The van der Waals surface area contributed by atoms with E-state index in [1.807, 2.05) is 6.07 Å². The summed E-state index contributed by atoms with van der Waals surface area (Å²) < 4.78 is 37.2. The minimum Gasteiger partial charge on any atom is -0.462 e. The lowest BCUT2D eigenvalue weighted by atomic mass is 10.1. The highest BCUT2D eigenvalue weighted by molar-refractivity contribution is 7.91. The maximum atomic E-state index is 13.2. The number of halogens is 1. The molecular weight excluding hydrogens is 550 g/mol. The maximum Gasteiger partial charge on any atom is 0.341 e. The number of hydrogen-bond donors (Lipinski definition) is 2. The van der Waals surface area contributed by atoms with E-state index in [-0.39, 0.29) is 22.0 Å². The number of sulfone groups is 1. The molecule has 2 N–H and O–H groups in total. The van der Waals surface area contributed by atoms with Gasteiger partial charge in [0.25, 0.3) is 0 Å². The summed E-state index contributed by atoms with van der Waals surface area (Å²) in [6, 6.07) is 26.6. The van der Waals surface area contributed by atoms with Crippen LogP contribution in [0.5, 0.6) is 11.5 Å². The van der Waals surface area contributed by atoms with Crippen LogP contribution in [0.2, 0.25) is 5.02 Å². The summed E-state index contributed by atoms with van der Waals surface area (Å²) in [5, 5.41) is 14.1. The molecular formula is C31H30ClNO6S. The molecule has 4 aromatic carbocycles. The molecule has 0 bridgehead atoms. The topological polar surface area (TPSA) is 102 Å². The molecule has 1 atom stereocenters. The molecule has 0 heterocycles. The average molecular weight is 580 g/mol. The smallest absolute Gasteiger partial charge is 0.341 e. The van der Waals surface area contributed by atoms with Gasteiger partial charge in [-0.3, -0.25) is 0 Å². The van der Waals surface area contributed by atoms with Crippen molar-refractivity contribution >= 4 is 27.4 Å². The highest BCUT2D eigenvalue weighted by Crippen LogP contribution is 2.28. The zero-order valence-corrected chi connectivity index (χ0v) is 23.5. The minimum atomic E-state index is -3.73. The number of hydrogen-bond acceptors (Lipinski definition) is 7. The maximum absolute atomic E-state index is 13.2. The van der Waals surface area contributed by atoms with E-state index in [2.05, 4.69) is 5.32 Å². The van der Waals surface area contributed by atoms with E-state index in [1.165, 1.54) is 12.1 Å². The van der Waals surface area contributed by atoms with Gasteiger partial charge in [0.2, 0.25) is 9.84 Å². The van der Waals surface area contributed by atoms with Crippen LogP contribution in [-0.4, -0.2) is 39.2 Å². The first kappa shape index (κ1) is 29.3. The molecule has 4 aromatic rings. The zero-order chi connectivity index (χ0) is 28.5. The SMILES string of the molecule is CCOC(=O)c1ccccc1Oc1ccc(S(=O)(=O)c2ccc(CCNC[C@H](O)c3cccc(Cl)c3)cc2)cc1. The molecule has 0 aromatic heterocycles. The quantitative estimate of drug-likeness (QED) is 0.157. The number of carbonyl (C=O) groups excluding carboxylic acids is 1. The van der Waals surface area contributed by atoms with Gasteiger partial charge in [0.1, 0.15) is 17.1 Å². The number of nitrogens with one attached hydrogen (secondary N) is 1. The van der Waals surface area contributed by atoms with Crippen LogP contribution in [0.1, 0.15) is 34.5 Å². The molecule has 0 spiro atoms. The standard InChI is InChI=1S/C31H30ClNO6S/c1-2-38-31(35)28-8-3-4-9-30(28)39-25-12-16-27(17-13-25)40(36,37)26-14-10-22(11-15-26)18-19-33-21-29(34)23-6-5-7-24(32)20-23/h3-17,20,29,33-34H,2,18-19,21H2,1H3/t29-/m0/s1. The number of aliphatic hydroxyl groups is 1. The highest BCUT2D eigenvalue weighted by Gasteiger charge is 2.19. The van der Waals surface area contributed by atoms with Gasteiger partial charge >= 0.3 is 5.97 Å². The first-order valence-electron chi connectivity index (χ1n) is 12.8. The Hall–Kier alpha value is -3.69. The molecule has 7 nitrogen and oxygen atoms in total. The van der Waals surface area contributed by atoms with Gasteiger partial charge < -0.3 is 19.9 Å². The summed E-state index contributed by atoms with van der Waals surface area (Å²) in [6.45, 7) is 2.96. The van der Waals surface area contributed by atoms with Crippen LogP contribution in [0.4, 0.5) is 0 Å². The third-order valence-corrected chi connectivity index (χ3v) is 8.16. The molecule has 208 valence electrons. The van der Waals surface area contributed by atoms with Crippen molar-refractivity contribution in [1.82, 2.24) is 5.32 Å². The number of esters is 1. The normalized spacial score (nSPS) is 12.1. The number of para-hydroxylation sites is 1. The van der Waals surface area contributed by atoms with E-state index in [0.717, 1.165) is 11.1 Å². The Kier molecular flexibility index (Phi) is 9.95. The lowest BCUT2D eigenvalue weighted by molar-refractivity contribution is 0.0523. The average Bonchev–Trinajstić information content (AvgIpc) is 2.96. The number of ether oxygens (including phenoxy) is 2. The molecule has 0 saturated carbocycles. The molecule has 40 heavy (non-hydrogen) atoms. The van der Waals surface area contributed by atoms with Crippen LogP contribution < -0.4 is 10.1 Å². The summed E-state index contributed by atoms with van der Waals surface area (Å²) in [4.78, 5) is 12.5. The van der Waals surface area contributed by atoms with Gasteiger partial charge in [-0.2, -0.15) is 0 Å². The van der Waals surface area contributed by atoms with Crippen molar-refractivity contribution in [1.29, 1.82) is 0 Å². The van der Waals surface area contributed by atoms with Gasteiger partial charge in [-0.05, 0) is 91.7 Å². The van der Waals surface area contributed by atoms with E-state index < -0.39 is 21.9 Å². The van der Waals surface area contributed by atoms with Crippen molar-refractivity contribution < 1.29 is 27.8 Å². The molecule has 9 heteroatoms. The lowest BCUT2D eigenvalue weighted by Crippen LogP contribution is -2.23. The largest absolute Gasteiger partial charge is 0.462 e. The molecule has 0 amide bonds. The third kappa shape index (κ3) is 7.49. The summed E-state index contributed by atoms with van der Waals surface area (Å²) >= 11 is 5.98. The molecule has 0 saturated heterocycles. The van der Waals surface area contributed by atoms with Gasteiger partial charge in [-0.15, -0.1) is 0 Å². The first-order valence-corrected chi connectivity index (χ1v) is 14.7. The fraction of sp³-hybridized carbons (Fsp3) is 0.194. The van der Waals surface area contributed by atoms with Crippen molar-refractivity contribution in [3.8, 4) is 11.5 Å². The number of carbonyl (C=O) groups is 1. The van der Waals surface area contributed by atoms with E-state index in [1.54, 1.807) is 85.8 Å². The fourth-order valence-corrected chi connectivity index (χ4v) is 5.48. The molecule has 0 aliphatic heterocycles. The van der Waals surface area contributed by atoms with Crippen molar-refractivity contribution in [2.24, 2.45) is 0 Å². The Morgan fingerprint density at radius 2 is 1.60 bits per heavy atom. The van der Waals surface area contributed by atoms with Crippen molar-refractivity contribution in [2.75, 3.05) is 19.7 Å². The monoisotopic (exact) mass is 579 g/mol. The Balaban J connectivity index is 1.34. The molecule has 0 aliphatic rings. The second-order valence-electron chi connectivity index (χ2n) is 8.96. The summed E-state index contributed by atoms with van der Waals surface area (Å²) in [6.07, 6.45) is -0.00245. The van der Waals surface area contributed by atoms with Crippen molar-refractivity contribution in [2.45, 2.75) is 29.2 Å². The van der Waals surface area contributed by atoms with Crippen LogP contribution in [0, 0.1) is 0 Å². The fourth-order valence-electron chi connectivity index (χ4n) is 4.02. The number of benzene rings is 4. The molecule has 0 unspecified atom stereocenters. The molecule has 0 fully saturated rings. The van der Waals surface area contributed by atoms with Gasteiger partial charge in [0.05, 0.1) is 22.5 Å².